The smallest absolute Gasteiger partial charge is 0.410 e. The van der Waals surface area contributed by atoms with Crippen LogP contribution in [0.5, 0.6) is 0 Å². The lowest BCUT2D eigenvalue weighted by Crippen LogP contribution is -2.42. The van der Waals surface area contributed by atoms with Gasteiger partial charge in [-0.1, -0.05) is 0 Å². The van der Waals surface area contributed by atoms with Crippen molar-refractivity contribution in [3.05, 3.63) is 22.4 Å². The Morgan fingerprint density at radius 1 is 1.50 bits per heavy atom. The van der Waals surface area contributed by atoms with E-state index in [1.807, 2.05) is 20.8 Å². The van der Waals surface area contributed by atoms with Gasteiger partial charge in [-0.25, -0.2) is 4.79 Å². The summed E-state index contributed by atoms with van der Waals surface area (Å²) in [6, 6.07) is 0. The average molecular weight is 256 g/mol. The third kappa shape index (κ3) is 5.16. The first-order valence-electron chi connectivity index (χ1n) is 6.07. The molecule has 0 aromatic rings. The number of amides is 1. The van der Waals surface area contributed by atoms with Crippen LogP contribution in [0.2, 0.25) is 0 Å². The van der Waals surface area contributed by atoms with Crippen molar-refractivity contribution in [3.63, 3.8) is 0 Å². The summed E-state index contributed by atoms with van der Waals surface area (Å²) in [6.45, 7) is 6.59. The van der Waals surface area contributed by atoms with Crippen molar-refractivity contribution >= 4 is 6.09 Å². The minimum Gasteiger partial charge on any atom is -0.444 e. The monoisotopic (exact) mass is 256 g/mol. The molecule has 1 unspecified atom stereocenters. The van der Waals surface area contributed by atoms with Crippen molar-refractivity contribution in [3.8, 4) is 0 Å². The van der Waals surface area contributed by atoms with Gasteiger partial charge in [-0.05, 0) is 39.7 Å². The number of piperidine rings is 1. The van der Waals surface area contributed by atoms with Gasteiger partial charge in [0.05, 0.1) is 4.92 Å². The number of rotatable bonds is 2. The molecule has 1 aliphatic heterocycles. The van der Waals surface area contributed by atoms with E-state index in [0.29, 0.717) is 13.1 Å². The molecule has 1 aliphatic rings. The Balaban J connectivity index is 2.53. The first-order chi connectivity index (χ1) is 8.28. The van der Waals surface area contributed by atoms with Crippen LogP contribution in [0.25, 0.3) is 0 Å². The zero-order valence-electron chi connectivity index (χ0n) is 11.1. The molecule has 102 valence electrons. The molecule has 1 heterocycles. The summed E-state index contributed by atoms with van der Waals surface area (Å²) in [5.41, 5.74) is -0.513. The van der Waals surface area contributed by atoms with E-state index in [1.165, 1.54) is 0 Å². The zero-order chi connectivity index (χ0) is 13.8. The lowest BCUT2D eigenvalue weighted by molar-refractivity contribution is -0.402. The van der Waals surface area contributed by atoms with E-state index < -0.39 is 10.5 Å². The third-order valence-electron chi connectivity index (χ3n) is 2.59. The number of ether oxygens (including phenoxy) is 1. The van der Waals surface area contributed by atoms with Gasteiger partial charge in [0.25, 0.3) is 0 Å². The Morgan fingerprint density at radius 3 is 2.72 bits per heavy atom. The number of likely N-dealkylation sites (tertiary alicyclic amines) is 1. The maximum Gasteiger partial charge on any atom is 0.410 e. The normalized spacial score (nSPS) is 21.1. The summed E-state index contributed by atoms with van der Waals surface area (Å²) in [4.78, 5) is 23.2. The number of carbonyl (C=O) groups excluding carboxylic acids is 1. The standard InChI is InChI=1S/C12H20N2O4/c1-12(2,3)18-11(15)13-7-4-5-10(9-13)6-8-14(16)17/h6,8,10H,4-5,7,9H2,1-3H3. The van der Waals surface area contributed by atoms with Crippen LogP contribution >= 0.6 is 0 Å². The molecule has 1 amide bonds. The summed E-state index contributed by atoms with van der Waals surface area (Å²) >= 11 is 0. The lowest BCUT2D eigenvalue weighted by atomic mass is 9.98. The minimum absolute atomic E-state index is 0.0386. The fourth-order valence-corrected chi connectivity index (χ4v) is 1.85. The maximum absolute atomic E-state index is 11.8. The van der Waals surface area contributed by atoms with E-state index in [4.69, 9.17) is 4.74 Å². The summed E-state index contributed by atoms with van der Waals surface area (Å²) < 4.78 is 5.28. The molecule has 1 atom stereocenters. The molecule has 0 saturated carbocycles. The minimum atomic E-state index is -0.513. The van der Waals surface area contributed by atoms with Crippen molar-refractivity contribution < 1.29 is 14.5 Å². The van der Waals surface area contributed by atoms with E-state index in [1.54, 1.807) is 11.0 Å². The van der Waals surface area contributed by atoms with E-state index in [-0.39, 0.29) is 12.0 Å². The van der Waals surface area contributed by atoms with E-state index in [9.17, 15) is 14.9 Å². The van der Waals surface area contributed by atoms with Gasteiger partial charge < -0.3 is 9.64 Å². The molecule has 0 aliphatic carbocycles. The predicted molar refractivity (Wildman–Crippen MR) is 66.7 cm³/mol. The number of hydrogen-bond donors (Lipinski definition) is 0. The van der Waals surface area contributed by atoms with Crippen LogP contribution in [0.15, 0.2) is 12.3 Å². The van der Waals surface area contributed by atoms with Gasteiger partial charge in [0, 0.05) is 19.0 Å². The van der Waals surface area contributed by atoms with Crippen LogP contribution in [0, 0.1) is 16.0 Å². The van der Waals surface area contributed by atoms with Crippen LogP contribution < -0.4 is 0 Å². The van der Waals surface area contributed by atoms with Crippen molar-refractivity contribution in [2.24, 2.45) is 5.92 Å². The molecule has 1 rings (SSSR count). The second kappa shape index (κ2) is 5.84. The summed E-state index contributed by atoms with van der Waals surface area (Å²) in [5, 5.41) is 10.3. The molecule has 6 nitrogen and oxygen atoms in total. The Labute approximate surface area is 107 Å². The lowest BCUT2D eigenvalue weighted by Gasteiger charge is -2.32. The van der Waals surface area contributed by atoms with Gasteiger partial charge in [-0.3, -0.25) is 10.1 Å². The van der Waals surface area contributed by atoms with E-state index in [0.717, 1.165) is 19.0 Å². The van der Waals surface area contributed by atoms with Crippen molar-refractivity contribution in [2.45, 2.75) is 39.2 Å². The van der Waals surface area contributed by atoms with Gasteiger partial charge in [-0.2, -0.15) is 0 Å². The van der Waals surface area contributed by atoms with Crippen LogP contribution in [-0.2, 0) is 4.74 Å². The largest absolute Gasteiger partial charge is 0.444 e. The van der Waals surface area contributed by atoms with Gasteiger partial charge in [0.1, 0.15) is 5.60 Å². The summed E-state index contributed by atoms with van der Waals surface area (Å²) in [7, 11) is 0. The quantitative estimate of drug-likeness (QED) is 0.562. The van der Waals surface area contributed by atoms with Crippen LogP contribution in [-0.4, -0.2) is 34.6 Å². The topological polar surface area (TPSA) is 72.7 Å². The number of carbonyl (C=O) groups is 1. The average Bonchev–Trinajstić information content (AvgIpc) is 2.24. The highest BCUT2D eigenvalue weighted by atomic mass is 16.6. The molecule has 1 saturated heterocycles. The second-order valence-electron chi connectivity index (χ2n) is 5.46. The second-order valence-corrected chi connectivity index (χ2v) is 5.46. The number of nitro groups is 1. The Morgan fingerprint density at radius 2 is 2.17 bits per heavy atom. The number of hydrogen-bond acceptors (Lipinski definition) is 4. The van der Waals surface area contributed by atoms with Gasteiger partial charge in [-0.15, -0.1) is 0 Å². The van der Waals surface area contributed by atoms with Crippen molar-refractivity contribution in [2.75, 3.05) is 13.1 Å². The third-order valence-corrected chi connectivity index (χ3v) is 2.59. The molecular formula is C12H20N2O4. The Bertz CT molecular complexity index is 346. The van der Waals surface area contributed by atoms with Crippen LogP contribution in [0.3, 0.4) is 0 Å². The van der Waals surface area contributed by atoms with Crippen molar-refractivity contribution in [1.29, 1.82) is 0 Å². The Kier molecular flexibility index (Phi) is 4.69. The van der Waals surface area contributed by atoms with E-state index in [2.05, 4.69) is 0 Å². The summed E-state index contributed by atoms with van der Waals surface area (Å²) in [5.74, 6) is 0.0386. The highest BCUT2D eigenvalue weighted by Gasteiger charge is 2.26. The Hall–Kier alpha value is -1.59. The van der Waals surface area contributed by atoms with E-state index >= 15 is 0 Å². The van der Waals surface area contributed by atoms with Crippen LogP contribution in [0.1, 0.15) is 33.6 Å². The summed E-state index contributed by atoms with van der Waals surface area (Å²) in [6.07, 6.45) is 3.86. The van der Waals surface area contributed by atoms with Crippen LogP contribution in [0.4, 0.5) is 4.79 Å². The number of nitrogens with zero attached hydrogens (tertiary/aromatic N) is 2. The highest BCUT2D eigenvalue weighted by molar-refractivity contribution is 5.68. The zero-order valence-corrected chi connectivity index (χ0v) is 11.1. The van der Waals surface area contributed by atoms with Gasteiger partial charge in [0.2, 0.25) is 6.20 Å². The SMILES string of the molecule is CC(C)(C)OC(=O)N1CCCC(C=C[N+](=O)[O-])C1. The first kappa shape index (κ1) is 14.5. The molecule has 0 N–H and O–H groups in total. The molecule has 0 bridgehead atoms. The van der Waals surface area contributed by atoms with Gasteiger partial charge >= 0.3 is 6.09 Å². The molecule has 0 radical (unpaired) electrons. The van der Waals surface area contributed by atoms with Gasteiger partial charge in [0.15, 0.2) is 0 Å². The molecule has 1 fully saturated rings. The molecule has 0 aromatic carbocycles. The predicted octanol–water partition coefficient (Wildman–Crippen LogP) is 2.42. The first-order valence-corrected chi connectivity index (χ1v) is 6.07. The molecular weight excluding hydrogens is 236 g/mol. The molecule has 18 heavy (non-hydrogen) atoms. The van der Waals surface area contributed by atoms with Crippen molar-refractivity contribution in [1.82, 2.24) is 4.90 Å². The molecule has 0 spiro atoms. The fraction of sp³-hybridized carbons (Fsp3) is 0.750. The highest BCUT2D eigenvalue weighted by Crippen LogP contribution is 2.20. The maximum atomic E-state index is 11.8. The molecule has 6 heteroatoms. The molecule has 0 aromatic heterocycles. The fourth-order valence-electron chi connectivity index (χ4n) is 1.85.